The highest BCUT2D eigenvalue weighted by Gasteiger charge is 2.14. The molecular formula is C20H14BrNO. The average molecular weight is 364 g/mol. The molecule has 1 aromatic heterocycles. The van der Waals surface area contributed by atoms with Gasteiger partial charge in [0.15, 0.2) is 0 Å². The van der Waals surface area contributed by atoms with Gasteiger partial charge in [0.05, 0.1) is 11.2 Å². The van der Waals surface area contributed by atoms with E-state index in [1.165, 1.54) is 0 Å². The summed E-state index contributed by atoms with van der Waals surface area (Å²) >= 11 is 3.48. The van der Waals surface area contributed by atoms with Crippen molar-refractivity contribution < 1.29 is 5.11 Å². The van der Waals surface area contributed by atoms with Crippen LogP contribution in [0.3, 0.4) is 0 Å². The van der Waals surface area contributed by atoms with E-state index < -0.39 is 0 Å². The molecule has 0 aliphatic rings. The van der Waals surface area contributed by atoms with Crippen LogP contribution in [0.15, 0.2) is 83.3 Å². The molecule has 4 aromatic rings. The van der Waals surface area contributed by atoms with Gasteiger partial charge in [-0.1, -0.05) is 52.3 Å². The topological polar surface area (TPSA) is 25.2 Å². The predicted molar refractivity (Wildman–Crippen MR) is 98.1 cm³/mol. The van der Waals surface area contributed by atoms with Crippen LogP contribution < -0.4 is 0 Å². The highest BCUT2D eigenvalue weighted by atomic mass is 79.9. The number of benzene rings is 3. The van der Waals surface area contributed by atoms with Crippen molar-refractivity contribution in [2.24, 2.45) is 0 Å². The molecule has 0 bridgehead atoms. The lowest BCUT2D eigenvalue weighted by Crippen LogP contribution is -1.96. The summed E-state index contributed by atoms with van der Waals surface area (Å²) in [6.07, 6.45) is 0. The van der Waals surface area contributed by atoms with Crippen LogP contribution in [0.1, 0.15) is 0 Å². The number of rotatable bonds is 2. The summed E-state index contributed by atoms with van der Waals surface area (Å²) in [6, 6.07) is 26.1. The summed E-state index contributed by atoms with van der Waals surface area (Å²) < 4.78 is 3.22. The number of hydrogen-bond acceptors (Lipinski definition) is 1. The lowest BCUT2D eigenvalue weighted by atomic mass is 10.1. The molecule has 0 fully saturated rings. The molecule has 23 heavy (non-hydrogen) atoms. The van der Waals surface area contributed by atoms with Crippen LogP contribution in [-0.2, 0) is 0 Å². The predicted octanol–water partition coefficient (Wildman–Crippen LogP) is 5.77. The quantitative estimate of drug-likeness (QED) is 0.480. The Balaban J connectivity index is 2.07. The Morgan fingerprint density at radius 1 is 0.783 bits per heavy atom. The van der Waals surface area contributed by atoms with Crippen molar-refractivity contribution >= 4 is 26.8 Å². The van der Waals surface area contributed by atoms with Crippen LogP contribution in [0.5, 0.6) is 5.75 Å². The number of phenolic OH excluding ortho intramolecular Hbond substituents is 1. The second-order valence-electron chi connectivity index (χ2n) is 5.42. The number of phenols is 1. The lowest BCUT2D eigenvalue weighted by Gasteiger charge is -2.11. The standard InChI is InChI=1S/C20H14BrNO/c21-15-9-11-16(12-10-15)22-18-7-4-8-20(23)17(18)13-19(22)14-5-2-1-3-6-14/h1-13,23H. The first kappa shape index (κ1) is 14.1. The van der Waals surface area contributed by atoms with Crippen LogP contribution in [0.2, 0.25) is 0 Å². The van der Waals surface area contributed by atoms with E-state index in [2.05, 4.69) is 44.8 Å². The molecule has 3 heteroatoms. The van der Waals surface area contributed by atoms with E-state index >= 15 is 0 Å². The van der Waals surface area contributed by atoms with Gasteiger partial charge in [-0.2, -0.15) is 0 Å². The van der Waals surface area contributed by atoms with Gasteiger partial charge in [-0.05, 0) is 48.0 Å². The van der Waals surface area contributed by atoms with Crippen molar-refractivity contribution in [3.8, 4) is 22.7 Å². The summed E-state index contributed by atoms with van der Waals surface area (Å²) in [5.74, 6) is 0.301. The van der Waals surface area contributed by atoms with Gasteiger partial charge in [0, 0.05) is 15.5 Å². The van der Waals surface area contributed by atoms with Gasteiger partial charge in [0.1, 0.15) is 5.75 Å². The molecule has 4 rings (SSSR count). The zero-order valence-electron chi connectivity index (χ0n) is 12.3. The maximum atomic E-state index is 10.2. The number of aromatic nitrogens is 1. The Hall–Kier alpha value is -2.52. The normalized spacial score (nSPS) is 11.0. The molecule has 0 saturated carbocycles. The zero-order valence-corrected chi connectivity index (χ0v) is 13.9. The van der Waals surface area contributed by atoms with Crippen LogP contribution >= 0.6 is 15.9 Å². The summed E-state index contributed by atoms with van der Waals surface area (Å²) in [7, 11) is 0. The van der Waals surface area contributed by atoms with E-state index in [-0.39, 0.29) is 0 Å². The Morgan fingerprint density at radius 3 is 2.26 bits per heavy atom. The summed E-state index contributed by atoms with van der Waals surface area (Å²) in [5.41, 5.74) is 4.23. The fourth-order valence-corrected chi connectivity index (χ4v) is 3.17. The van der Waals surface area contributed by atoms with E-state index in [1.54, 1.807) is 6.07 Å². The Morgan fingerprint density at radius 2 is 1.52 bits per heavy atom. The monoisotopic (exact) mass is 363 g/mol. The van der Waals surface area contributed by atoms with Gasteiger partial charge in [0.25, 0.3) is 0 Å². The highest BCUT2D eigenvalue weighted by Crippen LogP contribution is 2.35. The first-order valence-corrected chi connectivity index (χ1v) is 8.18. The molecule has 0 atom stereocenters. The number of fused-ring (bicyclic) bond motifs is 1. The third-order valence-corrected chi connectivity index (χ3v) is 4.51. The maximum absolute atomic E-state index is 10.2. The first-order valence-electron chi connectivity index (χ1n) is 7.39. The van der Waals surface area contributed by atoms with Crippen molar-refractivity contribution in [1.29, 1.82) is 0 Å². The smallest absolute Gasteiger partial charge is 0.124 e. The molecule has 0 amide bonds. The van der Waals surface area contributed by atoms with Crippen LogP contribution in [0, 0.1) is 0 Å². The summed E-state index contributed by atoms with van der Waals surface area (Å²) in [5, 5.41) is 11.1. The number of aromatic hydroxyl groups is 1. The molecule has 0 spiro atoms. The minimum absolute atomic E-state index is 0.301. The van der Waals surface area contributed by atoms with E-state index in [0.717, 1.165) is 32.3 Å². The van der Waals surface area contributed by atoms with Crippen LogP contribution in [-0.4, -0.2) is 9.67 Å². The number of nitrogens with zero attached hydrogens (tertiary/aromatic N) is 1. The first-order chi connectivity index (χ1) is 11.2. The SMILES string of the molecule is Oc1cccc2c1cc(-c1ccccc1)n2-c1ccc(Br)cc1. The highest BCUT2D eigenvalue weighted by molar-refractivity contribution is 9.10. The van der Waals surface area contributed by atoms with Crippen molar-refractivity contribution in [2.45, 2.75) is 0 Å². The summed E-state index contributed by atoms with van der Waals surface area (Å²) in [4.78, 5) is 0. The third kappa shape index (κ3) is 2.43. The summed E-state index contributed by atoms with van der Waals surface area (Å²) in [6.45, 7) is 0. The minimum Gasteiger partial charge on any atom is -0.507 e. The minimum atomic E-state index is 0.301. The van der Waals surface area contributed by atoms with Crippen molar-refractivity contribution in [3.63, 3.8) is 0 Å². The van der Waals surface area contributed by atoms with E-state index in [9.17, 15) is 5.11 Å². The molecule has 1 heterocycles. The molecule has 112 valence electrons. The Kier molecular flexibility index (Phi) is 3.43. The molecule has 0 unspecified atom stereocenters. The molecule has 0 aliphatic carbocycles. The van der Waals surface area contributed by atoms with Crippen molar-refractivity contribution in [3.05, 3.63) is 83.3 Å². The maximum Gasteiger partial charge on any atom is 0.124 e. The second kappa shape index (κ2) is 5.60. The average Bonchev–Trinajstić information content (AvgIpc) is 2.97. The fourth-order valence-electron chi connectivity index (χ4n) is 2.90. The Labute approximate surface area is 142 Å². The molecule has 0 saturated heterocycles. The van der Waals surface area contributed by atoms with Gasteiger partial charge in [-0.3, -0.25) is 0 Å². The molecule has 0 aliphatic heterocycles. The van der Waals surface area contributed by atoms with Gasteiger partial charge >= 0.3 is 0 Å². The number of halogens is 1. The van der Waals surface area contributed by atoms with Crippen molar-refractivity contribution in [2.75, 3.05) is 0 Å². The van der Waals surface area contributed by atoms with Crippen LogP contribution in [0.4, 0.5) is 0 Å². The Bertz CT molecular complexity index is 972. The second-order valence-corrected chi connectivity index (χ2v) is 6.33. The third-order valence-electron chi connectivity index (χ3n) is 3.98. The van der Waals surface area contributed by atoms with Gasteiger partial charge in [0.2, 0.25) is 0 Å². The molecule has 2 nitrogen and oxygen atoms in total. The molecule has 3 aromatic carbocycles. The zero-order chi connectivity index (χ0) is 15.8. The number of hydrogen-bond donors (Lipinski definition) is 1. The van der Waals surface area contributed by atoms with E-state index in [4.69, 9.17) is 0 Å². The van der Waals surface area contributed by atoms with E-state index in [1.807, 2.05) is 48.5 Å². The lowest BCUT2D eigenvalue weighted by molar-refractivity contribution is 0.481. The molecular weight excluding hydrogens is 350 g/mol. The largest absolute Gasteiger partial charge is 0.507 e. The molecule has 1 N–H and O–H groups in total. The molecule has 0 radical (unpaired) electrons. The van der Waals surface area contributed by atoms with Gasteiger partial charge < -0.3 is 9.67 Å². The van der Waals surface area contributed by atoms with Gasteiger partial charge in [-0.15, -0.1) is 0 Å². The van der Waals surface area contributed by atoms with Crippen molar-refractivity contribution in [1.82, 2.24) is 4.57 Å². The van der Waals surface area contributed by atoms with E-state index in [0.29, 0.717) is 5.75 Å². The fraction of sp³-hybridized carbons (Fsp3) is 0. The van der Waals surface area contributed by atoms with Crippen LogP contribution in [0.25, 0.3) is 27.8 Å². The van der Waals surface area contributed by atoms with Gasteiger partial charge in [-0.25, -0.2) is 0 Å².